The van der Waals surface area contributed by atoms with E-state index in [4.69, 9.17) is 4.74 Å². The normalized spacial score (nSPS) is 14.7. The summed E-state index contributed by atoms with van der Waals surface area (Å²) in [6.45, 7) is 20.9. The average molecular weight is 660 g/mol. The Morgan fingerprint density at radius 1 is 0.957 bits per heavy atom. The molecule has 258 valence electrons. The van der Waals surface area contributed by atoms with E-state index in [1.54, 1.807) is 0 Å². The van der Waals surface area contributed by atoms with Crippen molar-refractivity contribution in [1.82, 2.24) is 25.8 Å². The Labute approximate surface area is 280 Å². The minimum Gasteiger partial charge on any atom is -0.443 e. The van der Waals surface area contributed by atoms with Crippen molar-refractivity contribution in [2.45, 2.75) is 112 Å². The molecule has 46 heavy (non-hydrogen) atoms. The van der Waals surface area contributed by atoms with E-state index in [9.17, 15) is 19.5 Å². The number of aliphatic hydroxyl groups is 1. The summed E-state index contributed by atoms with van der Waals surface area (Å²) in [5.74, 6) is 0.148. The number of hydrogen-bond donors (Lipinski definition) is 4. The number of carbonyl (C=O) groups excluding carboxylic acids is 3. The highest BCUT2D eigenvalue weighted by Gasteiger charge is 2.31. The lowest BCUT2D eigenvalue weighted by atomic mass is 9.96. The van der Waals surface area contributed by atoms with Crippen molar-refractivity contribution in [1.29, 1.82) is 0 Å². The molecular weight excluding hydrogens is 602 g/mol. The van der Waals surface area contributed by atoms with Gasteiger partial charge in [0.05, 0.1) is 29.4 Å². The minimum atomic E-state index is -0.995. The molecule has 1 aromatic heterocycles. The topological polar surface area (TPSA) is 133 Å². The number of nitrogens with zero attached hydrogens (tertiary/aromatic N) is 2. The second-order valence-corrected chi connectivity index (χ2v) is 15.2. The maximum Gasteiger partial charge on any atom is 0.408 e. The average Bonchev–Trinajstić information content (AvgIpc) is 3.43. The van der Waals surface area contributed by atoms with E-state index in [-0.39, 0.29) is 48.9 Å². The molecule has 0 aliphatic carbocycles. The van der Waals surface area contributed by atoms with Gasteiger partial charge in [-0.2, -0.15) is 0 Å². The fraction of sp³-hybridized carbons (Fsp3) is 0.657. The third-order valence-corrected chi connectivity index (χ3v) is 8.93. The second kappa shape index (κ2) is 18.4. The standard InChI is InChI=1S/C35H57N5O5S/c1-22(2)25(7)17-40(19-30(42)39-35(8,9)10)18-29(41)28(16-26-14-12-11-13-15-26)37-32(43)31(23(3)4)38-34(44)45-20-27-21-46-33(36-27)24(5)6/h11-15,21-25,28-29,31,41H,16-20H2,1-10H3,(H,37,43)(H,38,44)(H,39,42)/t25?,28-,29+,31-/m0/s1. The smallest absolute Gasteiger partial charge is 0.408 e. The molecule has 0 aliphatic heterocycles. The van der Waals surface area contributed by atoms with Crippen LogP contribution in [0.2, 0.25) is 0 Å². The summed E-state index contributed by atoms with van der Waals surface area (Å²) >= 11 is 1.52. The van der Waals surface area contributed by atoms with Crippen LogP contribution in [0.4, 0.5) is 4.79 Å². The van der Waals surface area contributed by atoms with E-state index in [2.05, 4.69) is 55.6 Å². The van der Waals surface area contributed by atoms with E-state index in [0.29, 0.717) is 24.6 Å². The lowest BCUT2D eigenvalue weighted by Crippen LogP contribution is -2.57. The molecule has 4 atom stereocenters. The van der Waals surface area contributed by atoms with Gasteiger partial charge in [-0.3, -0.25) is 14.5 Å². The molecule has 0 saturated heterocycles. The number of benzene rings is 1. The van der Waals surface area contributed by atoms with Gasteiger partial charge in [0.1, 0.15) is 12.6 Å². The Kier molecular flexibility index (Phi) is 15.6. The van der Waals surface area contributed by atoms with Crippen LogP contribution >= 0.6 is 11.3 Å². The number of nitrogens with one attached hydrogen (secondary N) is 3. The Hall–Kier alpha value is -3.02. The third-order valence-electron chi connectivity index (χ3n) is 7.74. The summed E-state index contributed by atoms with van der Waals surface area (Å²) in [5.41, 5.74) is 1.22. The van der Waals surface area contributed by atoms with Crippen LogP contribution in [-0.4, -0.2) is 76.3 Å². The summed E-state index contributed by atoms with van der Waals surface area (Å²) in [6.07, 6.45) is -1.34. The van der Waals surface area contributed by atoms with Crippen LogP contribution in [0.1, 0.15) is 91.4 Å². The number of hydrogen-bond acceptors (Lipinski definition) is 8. The second-order valence-electron chi connectivity index (χ2n) is 14.4. The fourth-order valence-corrected chi connectivity index (χ4v) is 5.62. The molecule has 0 aliphatic rings. The molecular formula is C35H57N5O5S. The Morgan fingerprint density at radius 2 is 1.61 bits per heavy atom. The molecule has 0 fully saturated rings. The number of aliphatic hydroxyl groups excluding tert-OH is 1. The van der Waals surface area contributed by atoms with E-state index >= 15 is 0 Å². The highest BCUT2D eigenvalue weighted by Crippen LogP contribution is 2.20. The highest BCUT2D eigenvalue weighted by atomic mass is 32.1. The predicted molar refractivity (Wildman–Crippen MR) is 185 cm³/mol. The van der Waals surface area contributed by atoms with Crippen LogP contribution in [0.15, 0.2) is 35.7 Å². The molecule has 10 nitrogen and oxygen atoms in total. The molecule has 0 saturated carbocycles. The molecule has 2 aromatic rings. The van der Waals surface area contributed by atoms with Gasteiger partial charge in [0, 0.05) is 29.9 Å². The van der Waals surface area contributed by atoms with Crippen LogP contribution in [0.5, 0.6) is 0 Å². The number of ether oxygens (including phenoxy) is 1. The van der Waals surface area contributed by atoms with E-state index < -0.39 is 30.2 Å². The molecule has 2 rings (SSSR count). The van der Waals surface area contributed by atoms with Crippen LogP contribution in [0.3, 0.4) is 0 Å². The fourth-order valence-electron chi connectivity index (χ4n) is 4.80. The third kappa shape index (κ3) is 14.2. The first kappa shape index (κ1) is 39.2. The summed E-state index contributed by atoms with van der Waals surface area (Å²) < 4.78 is 5.40. The highest BCUT2D eigenvalue weighted by molar-refractivity contribution is 7.09. The largest absolute Gasteiger partial charge is 0.443 e. The molecule has 4 N–H and O–H groups in total. The number of aromatic nitrogens is 1. The van der Waals surface area contributed by atoms with Gasteiger partial charge >= 0.3 is 6.09 Å². The quantitative estimate of drug-likeness (QED) is 0.185. The van der Waals surface area contributed by atoms with Crippen LogP contribution in [0, 0.1) is 17.8 Å². The predicted octanol–water partition coefficient (Wildman–Crippen LogP) is 5.11. The van der Waals surface area contributed by atoms with Crippen molar-refractivity contribution in [3.8, 4) is 0 Å². The molecule has 1 unspecified atom stereocenters. The SMILES string of the molecule is CC(C)c1nc(COC(=O)N[C@H](C(=O)N[C@@H](Cc2ccccc2)[C@H](O)CN(CC(=O)NC(C)(C)C)CC(C)C(C)C)C(C)C)cs1. The Balaban J connectivity index is 2.20. The number of alkyl carbamates (subject to hydrolysis) is 1. The van der Waals surface area contributed by atoms with Crippen LogP contribution in [-0.2, 0) is 27.4 Å². The van der Waals surface area contributed by atoms with E-state index in [1.165, 1.54) is 11.3 Å². The van der Waals surface area contributed by atoms with Crippen LogP contribution < -0.4 is 16.0 Å². The summed E-state index contributed by atoms with van der Waals surface area (Å²) in [5, 5.41) is 23.2. The summed E-state index contributed by atoms with van der Waals surface area (Å²) in [4.78, 5) is 45.8. The molecule has 1 heterocycles. The van der Waals surface area contributed by atoms with Gasteiger partial charge in [0.25, 0.3) is 0 Å². The molecule has 11 heteroatoms. The first-order valence-electron chi connectivity index (χ1n) is 16.4. The number of carbonyl (C=O) groups is 3. The van der Waals surface area contributed by atoms with Gasteiger partial charge in [-0.1, -0.05) is 78.8 Å². The zero-order valence-electron chi connectivity index (χ0n) is 29.4. The molecule has 3 amide bonds. The zero-order chi connectivity index (χ0) is 34.6. The number of rotatable bonds is 17. The lowest BCUT2D eigenvalue weighted by molar-refractivity contribution is -0.127. The maximum atomic E-state index is 13.7. The van der Waals surface area contributed by atoms with E-state index in [0.717, 1.165) is 10.6 Å². The van der Waals surface area contributed by atoms with Gasteiger partial charge in [-0.15, -0.1) is 11.3 Å². The van der Waals surface area contributed by atoms with E-state index in [1.807, 2.05) is 75.2 Å². The first-order valence-corrected chi connectivity index (χ1v) is 17.3. The van der Waals surface area contributed by atoms with Gasteiger partial charge in [0.2, 0.25) is 11.8 Å². The van der Waals surface area contributed by atoms with Gasteiger partial charge < -0.3 is 25.8 Å². The van der Waals surface area contributed by atoms with Crippen molar-refractivity contribution in [2.24, 2.45) is 17.8 Å². The van der Waals surface area contributed by atoms with Gasteiger partial charge in [-0.05, 0) is 50.5 Å². The van der Waals surface area contributed by atoms with Crippen molar-refractivity contribution in [2.75, 3.05) is 19.6 Å². The van der Waals surface area contributed by atoms with Crippen molar-refractivity contribution in [3.05, 3.63) is 52.0 Å². The van der Waals surface area contributed by atoms with Gasteiger partial charge in [-0.25, -0.2) is 9.78 Å². The van der Waals surface area contributed by atoms with Gasteiger partial charge in [0.15, 0.2) is 0 Å². The Bertz CT molecular complexity index is 1230. The minimum absolute atomic E-state index is 0.00423. The monoisotopic (exact) mass is 659 g/mol. The number of thiazole rings is 1. The maximum absolute atomic E-state index is 13.7. The van der Waals surface area contributed by atoms with Crippen molar-refractivity contribution < 1.29 is 24.2 Å². The van der Waals surface area contributed by atoms with Crippen molar-refractivity contribution >= 4 is 29.2 Å². The Morgan fingerprint density at radius 3 is 2.15 bits per heavy atom. The van der Waals surface area contributed by atoms with Crippen molar-refractivity contribution in [3.63, 3.8) is 0 Å². The molecule has 0 spiro atoms. The van der Waals surface area contributed by atoms with Crippen LogP contribution in [0.25, 0.3) is 0 Å². The summed E-state index contributed by atoms with van der Waals surface area (Å²) in [6, 6.07) is 8.05. The first-order chi connectivity index (χ1) is 21.4. The number of amides is 3. The summed E-state index contributed by atoms with van der Waals surface area (Å²) in [7, 11) is 0. The molecule has 1 aromatic carbocycles. The zero-order valence-corrected chi connectivity index (χ0v) is 30.2. The molecule has 0 radical (unpaired) electrons. The lowest BCUT2D eigenvalue weighted by Gasteiger charge is -2.34. The molecule has 0 bridgehead atoms.